The Morgan fingerprint density at radius 3 is 2.89 bits per heavy atom. The first-order valence-electron chi connectivity index (χ1n) is 6.70. The van der Waals surface area contributed by atoms with Crippen LogP contribution in [0.25, 0.3) is 0 Å². The molecule has 4 nitrogen and oxygen atoms in total. The fraction of sp³-hybridized carbons (Fsp3) is 0.923. The Morgan fingerprint density at radius 1 is 1.56 bits per heavy atom. The van der Waals surface area contributed by atoms with Crippen molar-refractivity contribution in [2.75, 3.05) is 25.2 Å². The van der Waals surface area contributed by atoms with Crippen LogP contribution in [0.1, 0.15) is 26.7 Å². The zero-order valence-electron chi connectivity index (χ0n) is 11.6. The highest BCUT2D eigenvalue weighted by Crippen LogP contribution is 2.26. The van der Waals surface area contributed by atoms with E-state index in [1.807, 2.05) is 6.26 Å². The Labute approximate surface area is 114 Å². The first-order valence-corrected chi connectivity index (χ1v) is 8.09. The van der Waals surface area contributed by atoms with Gasteiger partial charge < -0.3 is 15.8 Å². The molecule has 1 rings (SSSR count). The van der Waals surface area contributed by atoms with Crippen molar-refractivity contribution in [2.24, 2.45) is 17.6 Å². The van der Waals surface area contributed by atoms with Gasteiger partial charge in [-0.05, 0) is 30.8 Å². The Morgan fingerprint density at radius 2 is 2.28 bits per heavy atom. The van der Waals surface area contributed by atoms with Crippen molar-refractivity contribution >= 4 is 17.7 Å². The molecule has 0 spiro atoms. The molecule has 0 aromatic carbocycles. The molecule has 106 valence electrons. The molecule has 1 amide bonds. The van der Waals surface area contributed by atoms with Crippen LogP contribution in [0.2, 0.25) is 0 Å². The molecule has 1 fully saturated rings. The second-order valence-corrected chi connectivity index (χ2v) is 6.25. The van der Waals surface area contributed by atoms with E-state index >= 15 is 0 Å². The van der Waals surface area contributed by atoms with E-state index in [1.54, 1.807) is 11.8 Å². The number of carbonyl (C=O) groups is 1. The van der Waals surface area contributed by atoms with E-state index in [-0.39, 0.29) is 18.1 Å². The maximum Gasteiger partial charge on any atom is 0.236 e. The molecule has 1 aliphatic rings. The van der Waals surface area contributed by atoms with Crippen LogP contribution in [0, 0.1) is 11.8 Å². The summed E-state index contributed by atoms with van der Waals surface area (Å²) in [5.74, 6) is 1.83. The SMILES string of the molecule is CSCC[C@H](N)C(=O)NCC1CCOC1C(C)C. The summed E-state index contributed by atoms with van der Waals surface area (Å²) in [5.41, 5.74) is 5.83. The number of carbonyl (C=O) groups excluding carboxylic acids is 1. The van der Waals surface area contributed by atoms with Gasteiger partial charge in [-0.1, -0.05) is 13.8 Å². The summed E-state index contributed by atoms with van der Waals surface area (Å²) < 4.78 is 5.70. The molecule has 3 N–H and O–H groups in total. The zero-order chi connectivity index (χ0) is 13.5. The smallest absolute Gasteiger partial charge is 0.236 e. The van der Waals surface area contributed by atoms with E-state index in [0.717, 1.165) is 25.2 Å². The Bertz CT molecular complexity index is 261. The van der Waals surface area contributed by atoms with Gasteiger partial charge in [0.2, 0.25) is 5.91 Å². The van der Waals surface area contributed by atoms with Crippen LogP contribution >= 0.6 is 11.8 Å². The molecule has 5 heteroatoms. The van der Waals surface area contributed by atoms with Gasteiger partial charge in [0.1, 0.15) is 0 Å². The molecule has 18 heavy (non-hydrogen) atoms. The molecule has 0 saturated carbocycles. The average Bonchev–Trinajstić information content (AvgIpc) is 2.81. The van der Waals surface area contributed by atoms with Gasteiger partial charge >= 0.3 is 0 Å². The molecule has 2 unspecified atom stereocenters. The van der Waals surface area contributed by atoms with Crippen LogP contribution in [0.4, 0.5) is 0 Å². The molecule has 0 aromatic heterocycles. The van der Waals surface area contributed by atoms with Gasteiger partial charge in [-0.2, -0.15) is 11.8 Å². The van der Waals surface area contributed by atoms with E-state index in [1.165, 1.54) is 0 Å². The van der Waals surface area contributed by atoms with Gasteiger partial charge in [0.05, 0.1) is 12.1 Å². The molecule has 0 aromatic rings. The lowest BCUT2D eigenvalue weighted by Gasteiger charge is -2.22. The third-order valence-corrected chi connectivity index (χ3v) is 4.07. The van der Waals surface area contributed by atoms with Crippen molar-refractivity contribution in [3.63, 3.8) is 0 Å². The van der Waals surface area contributed by atoms with Gasteiger partial charge in [-0.15, -0.1) is 0 Å². The third-order valence-electron chi connectivity index (χ3n) is 3.43. The van der Waals surface area contributed by atoms with E-state index in [4.69, 9.17) is 10.5 Å². The zero-order valence-corrected chi connectivity index (χ0v) is 12.5. The van der Waals surface area contributed by atoms with Crippen molar-refractivity contribution in [1.82, 2.24) is 5.32 Å². The number of ether oxygens (including phenoxy) is 1. The first kappa shape index (κ1) is 15.8. The number of hydrogen-bond donors (Lipinski definition) is 2. The lowest BCUT2D eigenvalue weighted by Crippen LogP contribution is -2.44. The molecular formula is C13H26N2O2S. The molecule has 3 atom stereocenters. The van der Waals surface area contributed by atoms with Crippen LogP contribution in [0.5, 0.6) is 0 Å². The number of amides is 1. The van der Waals surface area contributed by atoms with Gasteiger partial charge in [-0.3, -0.25) is 4.79 Å². The summed E-state index contributed by atoms with van der Waals surface area (Å²) in [5, 5.41) is 2.96. The van der Waals surface area contributed by atoms with Crippen molar-refractivity contribution in [3.8, 4) is 0 Å². The molecular weight excluding hydrogens is 248 g/mol. The molecule has 1 saturated heterocycles. The largest absolute Gasteiger partial charge is 0.378 e. The van der Waals surface area contributed by atoms with Gasteiger partial charge in [-0.25, -0.2) is 0 Å². The van der Waals surface area contributed by atoms with Crippen molar-refractivity contribution in [2.45, 2.75) is 38.8 Å². The van der Waals surface area contributed by atoms with Gasteiger partial charge in [0.25, 0.3) is 0 Å². The van der Waals surface area contributed by atoms with Crippen molar-refractivity contribution < 1.29 is 9.53 Å². The maximum atomic E-state index is 11.8. The minimum absolute atomic E-state index is 0.0292. The van der Waals surface area contributed by atoms with Crippen LogP contribution in [0.15, 0.2) is 0 Å². The monoisotopic (exact) mass is 274 g/mol. The lowest BCUT2D eigenvalue weighted by molar-refractivity contribution is -0.122. The Balaban J connectivity index is 2.29. The predicted octanol–water partition coefficient (Wildman–Crippen LogP) is 1.24. The van der Waals surface area contributed by atoms with E-state index in [2.05, 4.69) is 19.2 Å². The summed E-state index contributed by atoms with van der Waals surface area (Å²) in [6.45, 7) is 5.82. The van der Waals surface area contributed by atoms with E-state index in [9.17, 15) is 4.79 Å². The standard InChI is InChI=1S/C13H26N2O2S/c1-9(2)12-10(4-6-17-12)8-15-13(16)11(14)5-7-18-3/h9-12H,4-8,14H2,1-3H3,(H,15,16)/t10?,11-,12?/m0/s1. The fourth-order valence-corrected chi connectivity index (χ4v) is 2.84. The third kappa shape index (κ3) is 4.78. The highest BCUT2D eigenvalue weighted by molar-refractivity contribution is 7.98. The number of nitrogens with two attached hydrogens (primary N) is 1. The summed E-state index contributed by atoms with van der Waals surface area (Å²) >= 11 is 1.72. The molecule has 0 aliphatic carbocycles. The van der Waals surface area contributed by atoms with Gasteiger partial charge in [0.15, 0.2) is 0 Å². The number of hydrogen-bond acceptors (Lipinski definition) is 4. The Kier molecular flexibility index (Phi) is 7.04. The van der Waals surface area contributed by atoms with Gasteiger partial charge in [0, 0.05) is 19.1 Å². The molecule has 1 heterocycles. The Hall–Kier alpha value is -0.260. The average molecular weight is 274 g/mol. The normalized spacial score (nSPS) is 25.4. The number of rotatable bonds is 7. The fourth-order valence-electron chi connectivity index (χ4n) is 2.35. The quantitative estimate of drug-likeness (QED) is 0.733. The predicted molar refractivity (Wildman–Crippen MR) is 76.7 cm³/mol. The molecule has 0 radical (unpaired) electrons. The maximum absolute atomic E-state index is 11.8. The van der Waals surface area contributed by atoms with Crippen LogP contribution in [-0.2, 0) is 9.53 Å². The minimum atomic E-state index is -0.378. The first-order chi connectivity index (χ1) is 8.56. The molecule has 0 bridgehead atoms. The van der Waals surface area contributed by atoms with Crippen LogP contribution in [0.3, 0.4) is 0 Å². The van der Waals surface area contributed by atoms with E-state index < -0.39 is 0 Å². The summed E-state index contributed by atoms with van der Waals surface area (Å²) in [7, 11) is 0. The highest BCUT2D eigenvalue weighted by atomic mass is 32.2. The van der Waals surface area contributed by atoms with Crippen LogP contribution < -0.4 is 11.1 Å². The van der Waals surface area contributed by atoms with Crippen molar-refractivity contribution in [3.05, 3.63) is 0 Å². The summed E-state index contributed by atoms with van der Waals surface area (Å²) in [4.78, 5) is 11.8. The summed E-state index contributed by atoms with van der Waals surface area (Å²) in [6, 6.07) is -0.378. The minimum Gasteiger partial charge on any atom is -0.378 e. The molecule has 1 aliphatic heterocycles. The van der Waals surface area contributed by atoms with Crippen molar-refractivity contribution in [1.29, 1.82) is 0 Å². The highest BCUT2D eigenvalue weighted by Gasteiger charge is 2.31. The topological polar surface area (TPSA) is 64.4 Å². The van der Waals surface area contributed by atoms with Crippen LogP contribution in [-0.4, -0.2) is 43.2 Å². The summed E-state index contributed by atoms with van der Waals surface area (Å²) in [6.07, 6.45) is 4.06. The van der Waals surface area contributed by atoms with E-state index in [0.29, 0.717) is 18.4 Å². The second kappa shape index (κ2) is 8.02. The number of nitrogens with one attached hydrogen (secondary N) is 1. The second-order valence-electron chi connectivity index (χ2n) is 5.26. The lowest BCUT2D eigenvalue weighted by atomic mass is 9.93. The number of thioether (sulfide) groups is 1.